The maximum atomic E-state index is 10.2. The number of pyridine rings is 2. The molecule has 2 aromatic rings. The molecule has 0 saturated heterocycles. The van der Waals surface area contributed by atoms with Crippen molar-refractivity contribution >= 4 is 25.9 Å². The smallest absolute Gasteiger partial charge is 0.181 e. The van der Waals surface area contributed by atoms with Crippen molar-refractivity contribution in [3.63, 3.8) is 0 Å². The third kappa shape index (κ3) is 68.2. The molecule has 0 atom stereocenters. The van der Waals surface area contributed by atoms with Crippen molar-refractivity contribution < 1.29 is 89.0 Å². The van der Waals surface area contributed by atoms with E-state index in [1.807, 2.05) is 18.2 Å². The van der Waals surface area contributed by atoms with Gasteiger partial charge in [0.2, 0.25) is 0 Å². The third-order valence-corrected chi connectivity index (χ3v) is 1.25. The summed E-state index contributed by atoms with van der Waals surface area (Å²) in [5, 5.41) is 27.1. The Bertz CT molecular complexity index is 485. The number of nitrogens with one attached hydrogen (secondary N) is 1. The summed E-state index contributed by atoms with van der Waals surface area (Å²) in [6.45, 7) is 2.00. The molecule has 2 rings (SSSR count). The summed E-state index contributed by atoms with van der Waals surface area (Å²) in [6.07, 6.45) is 6.70. The summed E-state index contributed by atoms with van der Waals surface area (Å²) < 4.78 is 0. The summed E-state index contributed by atoms with van der Waals surface area (Å²) in [4.78, 5) is 49.7. The molecule has 0 aliphatic carbocycles. The molecular formula is C14H14EuN2O9-4. The monoisotopic (exact) mass is 507 g/mol. The van der Waals surface area contributed by atoms with E-state index in [-0.39, 0.29) is 54.8 Å². The molecule has 0 unspecified atom stereocenters. The van der Waals surface area contributed by atoms with Crippen molar-refractivity contribution in [2.24, 2.45) is 0 Å². The van der Waals surface area contributed by atoms with Gasteiger partial charge in [-0.25, -0.2) is 0 Å². The summed E-state index contributed by atoms with van der Waals surface area (Å²) in [6, 6.07) is 8.66. The molecule has 0 saturated carbocycles. The summed E-state index contributed by atoms with van der Waals surface area (Å²) in [5.41, 5.74) is 0.0405. The molecule has 0 aliphatic heterocycles. The van der Waals surface area contributed by atoms with Crippen LogP contribution in [-0.4, -0.2) is 56.3 Å². The first-order valence-corrected chi connectivity index (χ1v) is 5.59. The van der Waals surface area contributed by atoms with Gasteiger partial charge in [-0.1, -0.05) is 32.0 Å². The van der Waals surface area contributed by atoms with Gasteiger partial charge in [0.15, 0.2) is 5.43 Å². The van der Waals surface area contributed by atoms with Gasteiger partial charge in [0.1, 0.15) is 0 Å². The molecule has 12 heteroatoms. The molecule has 5 N–H and O–H groups in total. The number of aliphatic hydroxyl groups excluding tert-OH is 4. The van der Waals surface area contributed by atoms with Crippen LogP contribution in [0.3, 0.4) is 0 Å². The minimum Gasteiger partial charge on any atom is -0.665 e. The van der Waals surface area contributed by atoms with Gasteiger partial charge in [0.25, 0.3) is 0 Å². The molecule has 26 heavy (non-hydrogen) atoms. The number of hydrogen-bond acceptors (Lipinski definition) is 6. The maximum absolute atomic E-state index is 10.2. The van der Waals surface area contributed by atoms with E-state index in [0.717, 1.165) is 0 Å². The first kappa shape index (κ1) is 34.8. The van der Waals surface area contributed by atoms with Gasteiger partial charge >= 0.3 is 0 Å². The predicted octanol–water partition coefficient (Wildman–Crippen LogP) is -0.0971. The zero-order valence-electron chi connectivity index (χ0n) is 12.9. The van der Waals surface area contributed by atoms with Crippen molar-refractivity contribution in [3.05, 3.63) is 65.3 Å². The van der Waals surface area contributed by atoms with E-state index in [2.05, 4.69) is 9.97 Å². The Hall–Kier alpha value is -2.44. The number of hydrogen-bond donors (Lipinski definition) is 5. The molecule has 145 valence electrons. The van der Waals surface area contributed by atoms with Crippen molar-refractivity contribution in [2.75, 3.05) is 0 Å². The van der Waals surface area contributed by atoms with E-state index in [0.29, 0.717) is 25.9 Å². The normalized spacial score (nSPS) is 6.00. The average Bonchev–Trinajstić information content (AvgIpc) is 2.61. The van der Waals surface area contributed by atoms with Crippen LogP contribution in [0.25, 0.3) is 0 Å². The predicted molar refractivity (Wildman–Crippen MR) is 84.6 cm³/mol. The first-order valence-electron chi connectivity index (χ1n) is 5.59. The van der Waals surface area contributed by atoms with Crippen LogP contribution in [0.4, 0.5) is 0 Å². The number of rotatable bonds is 0. The fourth-order valence-corrected chi connectivity index (χ4v) is 0.684. The first-order chi connectivity index (χ1) is 12.1. The molecule has 0 amide bonds. The van der Waals surface area contributed by atoms with Crippen LogP contribution in [-0.2, 0) is 19.2 Å². The SMILES string of the molecule is O=[C-]O.O=[C-]O.O=[C-]O.O=[C-]O.O=c1cc[nH]cc1.[Eu].c1ccncc1. The van der Waals surface area contributed by atoms with Crippen molar-refractivity contribution in [1.29, 1.82) is 0 Å². The summed E-state index contributed by atoms with van der Waals surface area (Å²) in [5.74, 6) is 0. The standard InChI is InChI=1S/C5H5NO.C5H5N.4CHO2.Eu/c7-5-1-3-6-4-2-5;1-2-4-6-5-3-1;4*2-1-3;/h1-4H,(H,6,7);1-5H;4*(H,2,3);/q;;4*-1;. The second kappa shape index (κ2) is 43.3. The number of aromatic nitrogens is 2. The largest absolute Gasteiger partial charge is 0.665 e. The van der Waals surface area contributed by atoms with Crippen LogP contribution in [0.2, 0.25) is 0 Å². The fraction of sp³-hybridized carbons (Fsp3) is 0. The average molecular weight is 506 g/mol. The minimum absolute atomic E-state index is 0. The molecule has 1 radical (unpaired) electrons. The van der Waals surface area contributed by atoms with Crippen molar-refractivity contribution in [1.82, 2.24) is 9.97 Å². The molecule has 0 bridgehead atoms. The van der Waals surface area contributed by atoms with Gasteiger partial charge in [-0.05, 0) is 12.1 Å². The Kier molecular flexibility index (Phi) is 58.0. The summed E-state index contributed by atoms with van der Waals surface area (Å²) >= 11 is 0. The number of H-pyrrole nitrogens is 1. The molecule has 0 aromatic carbocycles. The Labute approximate surface area is 188 Å². The minimum atomic E-state index is 0. The van der Waals surface area contributed by atoms with Crippen molar-refractivity contribution in [3.8, 4) is 0 Å². The van der Waals surface area contributed by atoms with Crippen LogP contribution in [0.5, 0.6) is 0 Å². The summed E-state index contributed by atoms with van der Waals surface area (Å²) in [7, 11) is 0. The van der Waals surface area contributed by atoms with E-state index in [1.54, 1.807) is 24.8 Å². The van der Waals surface area contributed by atoms with Crippen LogP contribution in [0, 0.1) is 49.4 Å². The Morgan fingerprint density at radius 3 is 1.15 bits per heavy atom. The Morgan fingerprint density at radius 2 is 1.04 bits per heavy atom. The van der Waals surface area contributed by atoms with E-state index in [1.165, 1.54) is 12.1 Å². The van der Waals surface area contributed by atoms with E-state index >= 15 is 0 Å². The van der Waals surface area contributed by atoms with Crippen LogP contribution in [0.1, 0.15) is 0 Å². The van der Waals surface area contributed by atoms with Gasteiger partial charge in [-0.15, -0.1) is 0 Å². The zero-order valence-corrected chi connectivity index (χ0v) is 15.3. The van der Waals surface area contributed by atoms with Gasteiger partial charge in [0.05, 0.1) is 0 Å². The van der Waals surface area contributed by atoms with Gasteiger partial charge in [-0.3, -0.25) is 9.78 Å². The zero-order chi connectivity index (χ0) is 20.2. The second-order valence-electron chi connectivity index (χ2n) is 2.63. The Balaban J connectivity index is -0.0000000711. The molecular weight excluding hydrogens is 492 g/mol. The molecule has 11 nitrogen and oxygen atoms in total. The second-order valence-corrected chi connectivity index (χ2v) is 2.63. The van der Waals surface area contributed by atoms with Crippen LogP contribution in [0.15, 0.2) is 59.9 Å². The third-order valence-electron chi connectivity index (χ3n) is 1.25. The maximum Gasteiger partial charge on any atom is 0.181 e. The van der Waals surface area contributed by atoms with E-state index in [4.69, 9.17) is 39.6 Å². The fourth-order valence-electron chi connectivity index (χ4n) is 0.684. The van der Waals surface area contributed by atoms with E-state index < -0.39 is 0 Å². The number of nitrogens with zero attached hydrogens (tertiary/aromatic N) is 1. The van der Waals surface area contributed by atoms with Crippen LogP contribution < -0.4 is 5.43 Å². The van der Waals surface area contributed by atoms with Gasteiger partial charge < -0.3 is 44.6 Å². The molecule has 0 aliphatic rings. The molecule has 0 spiro atoms. The molecule has 2 heterocycles. The van der Waals surface area contributed by atoms with Gasteiger partial charge in [0, 0.05) is 86.3 Å². The van der Waals surface area contributed by atoms with E-state index in [9.17, 15) is 4.79 Å². The number of aromatic amines is 1. The quantitative estimate of drug-likeness (QED) is 0.301. The Morgan fingerprint density at radius 1 is 0.731 bits per heavy atom. The van der Waals surface area contributed by atoms with Crippen molar-refractivity contribution in [2.45, 2.75) is 0 Å². The molecule has 0 fully saturated rings. The topological polar surface area (TPSA) is 195 Å². The van der Waals surface area contributed by atoms with Crippen LogP contribution >= 0.6 is 0 Å². The molecule has 2 aromatic heterocycles. The van der Waals surface area contributed by atoms with Gasteiger partial charge in [-0.2, -0.15) is 0 Å².